The van der Waals surface area contributed by atoms with Crippen molar-refractivity contribution in [2.24, 2.45) is 5.73 Å². The van der Waals surface area contributed by atoms with Crippen molar-refractivity contribution in [2.45, 2.75) is 6.92 Å². The van der Waals surface area contributed by atoms with Gasteiger partial charge in [-0.25, -0.2) is 0 Å². The Balaban J connectivity index is 3.00. The van der Waals surface area contributed by atoms with Crippen molar-refractivity contribution in [3.63, 3.8) is 0 Å². The number of hydrogen-bond acceptors (Lipinski definition) is 2. The predicted octanol–water partition coefficient (Wildman–Crippen LogP) is 1.86. The lowest BCUT2D eigenvalue weighted by atomic mass is 10.1. The first-order chi connectivity index (χ1) is 8.10. The largest absolute Gasteiger partial charge is 0.366 e. The van der Waals surface area contributed by atoms with Gasteiger partial charge in [0.15, 0.2) is 0 Å². The van der Waals surface area contributed by atoms with Gasteiger partial charge in [0.1, 0.15) is 0 Å². The molecule has 2 amide bonds. The summed E-state index contributed by atoms with van der Waals surface area (Å²) in [7, 11) is 0. The lowest BCUT2D eigenvalue weighted by molar-refractivity contribution is -0.112. The molecule has 0 heterocycles. The number of nitrogens with two attached hydrogens (primary N) is 1. The van der Waals surface area contributed by atoms with E-state index >= 15 is 0 Å². The van der Waals surface area contributed by atoms with E-state index in [-0.39, 0.29) is 11.5 Å². The first-order valence-electron chi connectivity index (χ1n) is 5.09. The third-order valence-electron chi connectivity index (χ3n) is 2.23. The minimum Gasteiger partial charge on any atom is -0.366 e. The average molecular weight is 230 g/mol. The van der Waals surface area contributed by atoms with E-state index in [4.69, 9.17) is 5.73 Å². The van der Waals surface area contributed by atoms with Gasteiger partial charge in [0.25, 0.3) is 11.8 Å². The maximum atomic E-state index is 11.7. The number of primary amides is 1. The third-order valence-corrected chi connectivity index (χ3v) is 2.23. The van der Waals surface area contributed by atoms with Crippen molar-refractivity contribution < 1.29 is 9.59 Å². The molecule has 1 rings (SSSR count). The number of para-hydroxylation sites is 1. The monoisotopic (exact) mass is 230 g/mol. The molecule has 1 aromatic rings. The number of anilines is 1. The number of nitrogens with one attached hydrogen (secondary N) is 1. The molecule has 0 aliphatic heterocycles. The van der Waals surface area contributed by atoms with Crippen LogP contribution in [0.2, 0.25) is 0 Å². The fourth-order valence-electron chi connectivity index (χ4n) is 1.34. The smallest absolute Gasteiger partial charge is 0.255 e. The zero-order valence-corrected chi connectivity index (χ0v) is 9.57. The van der Waals surface area contributed by atoms with Crippen LogP contribution >= 0.6 is 0 Å². The maximum absolute atomic E-state index is 11.7. The Morgan fingerprint density at radius 2 is 2.00 bits per heavy atom. The molecule has 88 valence electrons. The second-order valence-electron chi connectivity index (χ2n) is 3.31. The normalized spacial score (nSPS) is 10.8. The Morgan fingerprint density at radius 3 is 2.53 bits per heavy atom. The SMILES string of the molecule is C=C/C(=C\C)C(=O)Nc1ccccc1C(N)=O. The molecule has 0 bridgehead atoms. The quantitative estimate of drug-likeness (QED) is 0.612. The number of benzene rings is 1. The summed E-state index contributed by atoms with van der Waals surface area (Å²) in [6, 6.07) is 6.57. The summed E-state index contributed by atoms with van der Waals surface area (Å²) in [5.41, 5.74) is 6.31. The number of carbonyl (C=O) groups excluding carboxylic acids is 2. The van der Waals surface area contributed by atoms with Crippen molar-refractivity contribution in [1.29, 1.82) is 0 Å². The predicted molar refractivity (Wildman–Crippen MR) is 67.5 cm³/mol. The average Bonchev–Trinajstić information content (AvgIpc) is 2.31. The van der Waals surface area contributed by atoms with E-state index in [9.17, 15) is 9.59 Å². The van der Waals surface area contributed by atoms with Gasteiger partial charge in [-0.1, -0.05) is 30.9 Å². The molecule has 0 saturated carbocycles. The van der Waals surface area contributed by atoms with E-state index in [1.165, 1.54) is 6.08 Å². The second kappa shape index (κ2) is 5.65. The molecule has 0 atom stereocenters. The highest BCUT2D eigenvalue weighted by atomic mass is 16.2. The highest BCUT2D eigenvalue weighted by molar-refractivity contribution is 6.09. The van der Waals surface area contributed by atoms with Crippen molar-refractivity contribution in [3.05, 3.63) is 54.1 Å². The summed E-state index contributed by atoms with van der Waals surface area (Å²) < 4.78 is 0. The molecular weight excluding hydrogens is 216 g/mol. The first-order valence-corrected chi connectivity index (χ1v) is 5.09. The first kappa shape index (κ1) is 12.7. The fourth-order valence-corrected chi connectivity index (χ4v) is 1.34. The van der Waals surface area contributed by atoms with E-state index in [2.05, 4.69) is 11.9 Å². The molecule has 0 spiro atoms. The summed E-state index contributed by atoms with van der Waals surface area (Å²) in [6.45, 7) is 5.26. The Labute approximate surface area is 99.8 Å². The third kappa shape index (κ3) is 3.04. The minimum absolute atomic E-state index is 0.278. The molecule has 0 unspecified atom stereocenters. The Hall–Kier alpha value is -2.36. The van der Waals surface area contributed by atoms with Crippen LogP contribution in [0, 0.1) is 0 Å². The maximum Gasteiger partial charge on any atom is 0.255 e. The Morgan fingerprint density at radius 1 is 1.35 bits per heavy atom. The highest BCUT2D eigenvalue weighted by Gasteiger charge is 2.11. The van der Waals surface area contributed by atoms with E-state index in [1.807, 2.05) is 0 Å². The van der Waals surface area contributed by atoms with E-state index in [0.29, 0.717) is 11.3 Å². The summed E-state index contributed by atoms with van der Waals surface area (Å²) >= 11 is 0. The molecule has 3 N–H and O–H groups in total. The van der Waals surface area contributed by atoms with Crippen LogP contribution in [0.5, 0.6) is 0 Å². The van der Waals surface area contributed by atoms with Crippen LogP contribution in [0.4, 0.5) is 5.69 Å². The van der Waals surface area contributed by atoms with E-state index in [0.717, 1.165) is 0 Å². The van der Waals surface area contributed by atoms with Crippen molar-refractivity contribution >= 4 is 17.5 Å². The van der Waals surface area contributed by atoms with Gasteiger partial charge in [0.2, 0.25) is 0 Å². The van der Waals surface area contributed by atoms with Gasteiger partial charge >= 0.3 is 0 Å². The molecule has 0 aliphatic carbocycles. The molecule has 0 saturated heterocycles. The van der Waals surface area contributed by atoms with Gasteiger partial charge in [-0.05, 0) is 19.1 Å². The van der Waals surface area contributed by atoms with Crippen LogP contribution in [0.3, 0.4) is 0 Å². The molecule has 0 aliphatic rings. The second-order valence-corrected chi connectivity index (χ2v) is 3.31. The van der Waals surface area contributed by atoms with Crippen LogP contribution in [0.1, 0.15) is 17.3 Å². The molecule has 4 heteroatoms. The van der Waals surface area contributed by atoms with Gasteiger partial charge in [-0.2, -0.15) is 0 Å². The topological polar surface area (TPSA) is 72.2 Å². The van der Waals surface area contributed by atoms with E-state index < -0.39 is 5.91 Å². The van der Waals surface area contributed by atoms with Gasteiger partial charge in [-0.15, -0.1) is 0 Å². The van der Waals surface area contributed by atoms with Crippen LogP contribution in [0.15, 0.2) is 48.6 Å². The van der Waals surface area contributed by atoms with Crippen LogP contribution in [-0.4, -0.2) is 11.8 Å². The Bertz CT molecular complexity index is 490. The lowest BCUT2D eigenvalue weighted by Crippen LogP contribution is -2.18. The standard InChI is InChI=1S/C13H14N2O2/c1-3-9(4-2)13(17)15-11-8-6-5-7-10(11)12(14)16/h3-8H,1H2,2H3,(H2,14,16)(H,15,17)/b9-4+. The van der Waals surface area contributed by atoms with Crippen molar-refractivity contribution in [1.82, 2.24) is 0 Å². The summed E-state index contributed by atoms with van der Waals surface area (Å²) in [5, 5.41) is 2.61. The number of hydrogen-bond donors (Lipinski definition) is 2. The highest BCUT2D eigenvalue weighted by Crippen LogP contribution is 2.15. The number of carbonyl (C=O) groups is 2. The zero-order chi connectivity index (χ0) is 12.8. The van der Waals surface area contributed by atoms with Gasteiger partial charge in [0.05, 0.1) is 11.3 Å². The summed E-state index contributed by atoms with van der Waals surface area (Å²) in [6.07, 6.45) is 3.08. The number of allylic oxidation sites excluding steroid dienone is 1. The van der Waals surface area contributed by atoms with Gasteiger partial charge in [-0.3, -0.25) is 9.59 Å². The molecule has 0 fully saturated rings. The van der Waals surface area contributed by atoms with E-state index in [1.54, 1.807) is 37.3 Å². The minimum atomic E-state index is -0.582. The molecule has 17 heavy (non-hydrogen) atoms. The molecule has 1 aromatic carbocycles. The molecule has 4 nitrogen and oxygen atoms in total. The number of rotatable bonds is 4. The Kier molecular flexibility index (Phi) is 4.22. The molecule has 0 aromatic heterocycles. The van der Waals surface area contributed by atoms with Crippen molar-refractivity contribution in [3.8, 4) is 0 Å². The molecule has 0 radical (unpaired) electrons. The molecular formula is C13H14N2O2. The number of amides is 2. The van der Waals surface area contributed by atoms with Crippen LogP contribution in [-0.2, 0) is 4.79 Å². The van der Waals surface area contributed by atoms with Crippen LogP contribution in [0.25, 0.3) is 0 Å². The van der Waals surface area contributed by atoms with Crippen molar-refractivity contribution in [2.75, 3.05) is 5.32 Å². The zero-order valence-electron chi connectivity index (χ0n) is 9.57. The fraction of sp³-hybridized carbons (Fsp3) is 0.0769. The van der Waals surface area contributed by atoms with Gasteiger partial charge < -0.3 is 11.1 Å². The van der Waals surface area contributed by atoms with Gasteiger partial charge in [0, 0.05) is 5.57 Å². The summed E-state index contributed by atoms with van der Waals surface area (Å²) in [4.78, 5) is 22.9. The lowest BCUT2D eigenvalue weighted by Gasteiger charge is -2.08. The summed E-state index contributed by atoms with van der Waals surface area (Å²) in [5.74, 6) is -0.905. The van der Waals surface area contributed by atoms with Crippen LogP contribution < -0.4 is 11.1 Å².